The van der Waals surface area contributed by atoms with E-state index in [4.69, 9.17) is 0 Å². The first-order valence-electron chi connectivity index (χ1n) is 8.09. The Hall–Kier alpha value is -2.82. The molecule has 5 heteroatoms. The van der Waals surface area contributed by atoms with Crippen molar-refractivity contribution >= 4 is 5.78 Å². The molecule has 0 bridgehead atoms. The van der Waals surface area contributed by atoms with Crippen molar-refractivity contribution in [3.05, 3.63) is 70.8 Å². The second-order valence-electron chi connectivity index (χ2n) is 6.31. The van der Waals surface area contributed by atoms with Crippen LogP contribution in [0.1, 0.15) is 45.3 Å². The Labute approximate surface area is 140 Å². The molecule has 1 aliphatic rings. The third-order valence-electron chi connectivity index (χ3n) is 4.47. The third kappa shape index (κ3) is 2.52. The normalized spacial score (nSPS) is 16.9. The Kier molecular flexibility index (Phi) is 3.49. The van der Waals surface area contributed by atoms with Crippen molar-refractivity contribution in [2.45, 2.75) is 32.6 Å². The average Bonchev–Trinajstić information content (AvgIpc) is 2.99. The molecule has 1 aliphatic carbocycles. The fourth-order valence-electron chi connectivity index (χ4n) is 3.38. The molecule has 0 aliphatic heterocycles. The molecule has 0 unspecified atom stereocenters. The van der Waals surface area contributed by atoms with E-state index in [-0.39, 0.29) is 11.7 Å². The van der Waals surface area contributed by atoms with E-state index in [1.807, 2.05) is 38.1 Å². The number of aromatic nitrogens is 4. The third-order valence-corrected chi connectivity index (χ3v) is 4.47. The minimum atomic E-state index is 0.140. The van der Waals surface area contributed by atoms with Gasteiger partial charge in [-0.1, -0.05) is 30.3 Å². The van der Waals surface area contributed by atoms with Gasteiger partial charge in [-0.05, 0) is 37.8 Å². The van der Waals surface area contributed by atoms with Crippen molar-refractivity contribution in [3.63, 3.8) is 0 Å². The molecule has 2 aromatic heterocycles. The molecule has 3 aromatic rings. The number of hydrogen-bond donors (Lipinski definition) is 0. The standard InChI is InChI=1S/C19H18N4O/c1-12-8-13(2)22-19(21-12)23-17-9-15(14-6-4-3-5-7-14)10-18(24)16(17)11-20-23/h3-8,11,15H,9-10H2,1-2H3/t15-/m1/s1. The van der Waals surface area contributed by atoms with Crippen LogP contribution in [0.2, 0.25) is 0 Å². The molecule has 120 valence electrons. The molecule has 0 fully saturated rings. The Balaban J connectivity index is 1.78. The average molecular weight is 318 g/mol. The predicted molar refractivity (Wildman–Crippen MR) is 90.5 cm³/mol. The van der Waals surface area contributed by atoms with Gasteiger partial charge in [-0.2, -0.15) is 5.10 Å². The smallest absolute Gasteiger partial charge is 0.251 e. The van der Waals surface area contributed by atoms with Gasteiger partial charge in [-0.3, -0.25) is 4.79 Å². The van der Waals surface area contributed by atoms with Crippen molar-refractivity contribution in [1.29, 1.82) is 0 Å². The van der Waals surface area contributed by atoms with Crippen LogP contribution in [-0.2, 0) is 6.42 Å². The molecule has 0 spiro atoms. The topological polar surface area (TPSA) is 60.7 Å². The van der Waals surface area contributed by atoms with Crippen molar-refractivity contribution in [1.82, 2.24) is 19.7 Å². The van der Waals surface area contributed by atoms with Gasteiger partial charge in [0, 0.05) is 17.8 Å². The summed E-state index contributed by atoms with van der Waals surface area (Å²) in [5, 5.41) is 4.40. The lowest BCUT2D eigenvalue weighted by atomic mass is 9.82. The molecule has 4 rings (SSSR count). The number of carbonyl (C=O) groups is 1. The number of Topliss-reactive ketones (excluding diaryl/α,β-unsaturated/α-hetero) is 1. The zero-order valence-corrected chi connectivity index (χ0v) is 13.7. The monoisotopic (exact) mass is 318 g/mol. The number of aryl methyl sites for hydroxylation is 2. The summed E-state index contributed by atoms with van der Waals surface area (Å²) in [7, 11) is 0. The Morgan fingerprint density at radius 1 is 1.04 bits per heavy atom. The fourth-order valence-corrected chi connectivity index (χ4v) is 3.38. The second-order valence-corrected chi connectivity index (χ2v) is 6.31. The minimum Gasteiger partial charge on any atom is -0.294 e. The zero-order chi connectivity index (χ0) is 16.7. The van der Waals surface area contributed by atoms with Gasteiger partial charge >= 0.3 is 0 Å². The highest BCUT2D eigenvalue weighted by molar-refractivity contribution is 5.98. The molecule has 0 amide bonds. The molecular weight excluding hydrogens is 300 g/mol. The van der Waals surface area contributed by atoms with Crippen molar-refractivity contribution in [2.24, 2.45) is 0 Å². The summed E-state index contributed by atoms with van der Waals surface area (Å²) in [5.74, 6) is 0.851. The van der Waals surface area contributed by atoms with Crippen LogP contribution < -0.4 is 0 Å². The van der Waals surface area contributed by atoms with E-state index in [1.54, 1.807) is 10.9 Å². The number of benzene rings is 1. The summed E-state index contributed by atoms with van der Waals surface area (Å²) in [5.41, 5.74) is 4.58. The Bertz CT molecular complexity index is 894. The van der Waals surface area contributed by atoms with Crippen molar-refractivity contribution in [2.75, 3.05) is 0 Å². The van der Waals surface area contributed by atoms with Gasteiger partial charge in [0.25, 0.3) is 5.95 Å². The van der Waals surface area contributed by atoms with Gasteiger partial charge in [0.2, 0.25) is 0 Å². The summed E-state index contributed by atoms with van der Waals surface area (Å²) < 4.78 is 1.72. The Morgan fingerprint density at radius 2 is 1.75 bits per heavy atom. The summed E-state index contributed by atoms with van der Waals surface area (Å²) in [4.78, 5) is 21.5. The van der Waals surface area contributed by atoms with E-state index in [0.29, 0.717) is 17.9 Å². The molecule has 0 radical (unpaired) electrons. The number of hydrogen-bond acceptors (Lipinski definition) is 4. The van der Waals surface area contributed by atoms with Gasteiger partial charge in [0.05, 0.1) is 17.5 Å². The molecule has 24 heavy (non-hydrogen) atoms. The van der Waals surface area contributed by atoms with Gasteiger partial charge < -0.3 is 0 Å². The van der Waals surface area contributed by atoms with Crippen LogP contribution in [0.15, 0.2) is 42.6 Å². The molecule has 2 heterocycles. The molecule has 1 atom stereocenters. The number of fused-ring (bicyclic) bond motifs is 1. The largest absolute Gasteiger partial charge is 0.294 e. The van der Waals surface area contributed by atoms with Crippen LogP contribution >= 0.6 is 0 Å². The lowest BCUT2D eigenvalue weighted by Crippen LogP contribution is -2.21. The van der Waals surface area contributed by atoms with Crippen LogP contribution in [0.4, 0.5) is 0 Å². The molecule has 1 aromatic carbocycles. The highest BCUT2D eigenvalue weighted by Gasteiger charge is 2.30. The number of nitrogens with zero attached hydrogens (tertiary/aromatic N) is 4. The molecule has 0 saturated carbocycles. The number of rotatable bonds is 2. The Morgan fingerprint density at radius 3 is 2.46 bits per heavy atom. The van der Waals surface area contributed by atoms with Crippen LogP contribution in [0.5, 0.6) is 0 Å². The maximum atomic E-state index is 12.6. The quantitative estimate of drug-likeness (QED) is 0.728. The minimum absolute atomic E-state index is 0.140. The highest BCUT2D eigenvalue weighted by Crippen LogP contribution is 2.33. The van der Waals surface area contributed by atoms with E-state index < -0.39 is 0 Å². The lowest BCUT2D eigenvalue weighted by molar-refractivity contribution is 0.0963. The van der Waals surface area contributed by atoms with Crippen LogP contribution in [0.25, 0.3) is 5.95 Å². The highest BCUT2D eigenvalue weighted by atomic mass is 16.1. The maximum Gasteiger partial charge on any atom is 0.251 e. The maximum absolute atomic E-state index is 12.6. The zero-order valence-electron chi connectivity index (χ0n) is 13.7. The van der Waals surface area contributed by atoms with Gasteiger partial charge in [-0.15, -0.1) is 0 Å². The van der Waals surface area contributed by atoms with E-state index in [1.165, 1.54) is 5.56 Å². The summed E-state index contributed by atoms with van der Waals surface area (Å²) in [6.45, 7) is 3.87. The SMILES string of the molecule is Cc1cc(C)nc(-n2ncc3c2C[C@@H](c2ccccc2)CC3=O)n1. The van der Waals surface area contributed by atoms with Crippen molar-refractivity contribution in [3.8, 4) is 5.95 Å². The van der Waals surface area contributed by atoms with Crippen LogP contribution in [0, 0.1) is 13.8 Å². The van der Waals surface area contributed by atoms with E-state index in [9.17, 15) is 4.79 Å². The number of carbonyl (C=O) groups excluding carboxylic acids is 1. The molecule has 0 saturated heterocycles. The summed E-state index contributed by atoms with van der Waals surface area (Å²) in [6.07, 6.45) is 2.94. The van der Waals surface area contributed by atoms with E-state index in [0.717, 1.165) is 23.5 Å². The summed E-state index contributed by atoms with van der Waals surface area (Å²) >= 11 is 0. The lowest BCUT2D eigenvalue weighted by Gasteiger charge is -2.22. The van der Waals surface area contributed by atoms with E-state index in [2.05, 4.69) is 27.2 Å². The van der Waals surface area contributed by atoms with E-state index >= 15 is 0 Å². The van der Waals surface area contributed by atoms with Gasteiger partial charge in [-0.25, -0.2) is 14.6 Å². The summed E-state index contributed by atoms with van der Waals surface area (Å²) in [6, 6.07) is 12.1. The predicted octanol–water partition coefficient (Wildman–Crippen LogP) is 3.19. The molecule has 5 nitrogen and oxygen atoms in total. The first kappa shape index (κ1) is 14.8. The van der Waals surface area contributed by atoms with Crippen LogP contribution in [0.3, 0.4) is 0 Å². The first-order valence-corrected chi connectivity index (χ1v) is 8.09. The van der Waals surface area contributed by atoms with Crippen molar-refractivity contribution < 1.29 is 4.79 Å². The van der Waals surface area contributed by atoms with Gasteiger partial charge in [0.15, 0.2) is 5.78 Å². The second kappa shape index (κ2) is 5.67. The van der Waals surface area contributed by atoms with Crippen LogP contribution in [-0.4, -0.2) is 25.5 Å². The first-order chi connectivity index (χ1) is 11.6. The fraction of sp³-hybridized carbons (Fsp3) is 0.263. The molecular formula is C19H18N4O. The van der Waals surface area contributed by atoms with Gasteiger partial charge in [0.1, 0.15) is 0 Å². The number of ketones is 1. The molecule has 0 N–H and O–H groups in total.